The molecule has 3 heterocycles. The largest absolute Gasteiger partial charge is 0.304 e. The van der Waals surface area contributed by atoms with Crippen molar-refractivity contribution in [2.45, 2.75) is 19.3 Å². The van der Waals surface area contributed by atoms with E-state index in [-0.39, 0.29) is 11.7 Å². The Morgan fingerprint density at radius 1 is 0.923 bits per heavy atom. The smallest absolute Gasteiger partial charge is 0.258 e. The lowest BCUT2D eigenvalue weighted by Crippen LogP contribution is -2.46. The summed E-state index contributed by atoms with van der Waals surface area (Å²) in [7, 11) is 3.98. The van der Waals surface area contributed by atoms with E-state index >= 15 is 0 Å². The maximum absolute atomic E-state index is 13.3. The maximum Gasteiger partial charge on any atom is 0.258 e. The van der Waals surface area contributed by atoms with Crippen molar-refractivity contribution >= 4 is 17.6 Å². The summed E-state index contributed by atoms with van der Waals surface area (Å²) >= 11 is 0. The number of carbonyl (C=O) groups excluding carboxylic acids is 2. The molecule has 0 atom stereocenters. The van der Waals surface area contributed by atoms with E-state index in [1.54, 1.807) is 16.9 Å². The molecule has 1 N–H and O–H groups in total. The maximum atomic E-state index is 13.3. The SMILES string of the molecule is CN1CCN(CC(=O)CCCc2cn(-c3ccccc3)c(NC(=O)c3cccc(-c4cnn(C)c4)c3)n2)CC1. The van der Waals surface area contributed by atoms with Gasteiger partial charge < -0.3 is 4.90 Å². The molecule has 4 aromatic rings. The predicted molar refractivity (Wildman–Crippen MR) is 152 cm³/mol. The van der Waals surface area contributed by atoms with Gasteiger partial charge in [0.1, 0.15) is 5.78 Å². The van der Waals surface area contributed by atoms with Crippen LogP contribution in [0.4, 0.5) is 5.95 Å². The van der Waals surface area contributed by atoms with Crippen molar-refractivity contribution < 1.29 is 9.59 Å². The van der Waals surface area contributed by atoms with Gasteiger partial charge in [-0.3, -0.25) is 29.1 Å². The number of nitrogens with one attached hydrogen (secondary N) is 1. The molecule has 5 rings (SSSR count). The second kappa shape index (κ2) is 12.2. The van der Waals surface area contributed by atoms with E-state index in [2.05, 4.69) is 27.3 Å². The lowest BCUT2D eigenvalue weighted by atomic mass is 10.1. The van der Waals surface area contributed by atoms with E-state index in [4.69, 9.17) is 4.98 Å². The molecule has 1 saturated heterocycles. The van der Waals surface area contributed by atoms with E-state index in [0.29, 0.717) is 30.9 Å². The molecular formula is C30H35N7O2. The molecule has 0 aliphatic carbocycles. The monoisotopic (exact) mass is 525 g/mol. The molecule has 1 aliphatic heterocycles. The Morgan fingerprint density at radius 3 is 2.46 bits per heavy atom. The van der Waals surface area contributed by atoms with Crippen LogP contribution in [-0.2, 0) is 18.3 Å². The first-order chi connectivity index (χ1) is 18.9. The van der Waals surface area contributed by atoms with E-state index in [0.717, 1.165) is 55.1 Å². The number of Topliss-reactive ketones (excluding diaryl/α,β-unsaturated/α-hetero) is 1. The van der Waals surface area contributed by atoms with Gasteiger partial charge in [0.25, 0.3) is 5.91 Å². The van der Waals surface area contributed by atoms with Crippen LogP contribution in [0.25, 0.3) is 16.8 Å². The number of piperazine rings is 1. The average Bonchev–Trinajstić information content (AvgIpc) is 3.56. The number of rotatable bonds is 10. The Hall–Kier alpha value is -4.08. The van der Waals surface area contributed by atoms with E-state index in [1.165, 1.54) is 0 Å². The summed E-state index contributed by atoms with van der Waals surface area (Å²) < 4.78 is 3.63. The number of aryl methyl sites for hydroxylation is 2. The number of nitrogens with zero attached hydrogens (tertiary/aromatic N) is 6. The molecule has 9 heteroatoms. The third kappa shape index (κ3) is 6.87. The standard InChI is InChI=1S/C30H35N7O2/c1-34-14-16-36(17-15-34)22-28(38)13-7-10-26-21-37(27-11-4-3-5-12-27)30(32-26)33-29(39)24-9-6-8-23(18-24)25-19-31-35(2)20-25/h3-6,8-9,11-12,18-21H,7,10,13-17,22H2,1-2H3,(H,32,33,39). The number of para-hydroxylation sites is 1. The molecule has 1 amide bonds. The molecule has 0 spiro atoms. The number of aromatic nitrogens is 4. The normalized spacial score (nSPS) is 14.4. The van der Waals surface area contributed by atoms with E-state index < -0.39 is 0 Å². The lowest BCUT2D eigenvalue weighted by Gasteiger charge is -2.31. The molecule has 0 unspecified atom stereocenters. The summed E-state index contributed by atoms with van der Waals surface area (Å²) in [5, 5.41) is 7.23. The second-order valence-corrected chi connectivity index (χ2v) is 10.2. The number of ketones is 1. The second-order valence-electron chi connectivity index (χ2n) is 10.2. The third-order valence-electron chi connectivity index (χ3n) is 7.06. The first kappa shape index (κ1) is 26.5. The summed E-state index contributed by atoms with van der Waals surface area (Å²) in [6.07, 6.45) is 7.55. The Morgan fingerprint density at radius 2 is 1.72 bits per heavy atom. The molecule has 1 fully saturated rings. The molecule has 0 saturated carbocycles. The number of hydrogen-bond acceptors (Lipinski definition) is 6. The van der Waals surface area contributed by atoms with Crippen LogP contribution in [0.15, 0.2) is 73.2 Å². The Bertz CT molecular complexity index is 1420. The topological polar surface area (TPSA) is 88.3 Å². The molecule has 2 aromatic carbocycles. The summed E-state index contributed by atoms with van der Waals surface area (Å²) in [5.74, 6) is 0.484. The zero-order valence-electron chi connectivity index (χ0n) is 22.6. The minimum Gasteiger partial charge on any atom is -0.304 e. The molecule has 39 heavy (non-hydrogen) atoms. The van der Waals surface area contributed by atoms with Crippen molar-refractivity contribution in [1.82, 2.24) is 29.1 Å². The average molecular weight is 526 g/mol. The summed E-state index contributed by atoms with van der Waals surface area (Å²) in [6, 6.07) is 17.3. The Kier molecular flexibility index (Phi) is 8.29. The molecule has 202 valence electrons. The first-order valence-electron chi connectivity index (χ1n) is 13.4. The molecule has 1 aliphatic rings. The van der Waals surface area contributed by atoms with Crippen LogP contribution in [0.2, 0.25) is 0 Å². The highest BCUT2D eigenvalue weighted by Gasteiger charge is 2.18. The number of likely N-dealkylation sites (N-methyl/N-ethyl adjacent to an activating group) is 1. The minimum absolute atomic E-state index is 0.238. The fourth-order valence-corrected chi connectivity index (χ4v) is 4.81. The van der Waals surface area contributed by atoms with Crippen molar-refractivity contribution in [3.63, 3.8) is 0 Å². The van der Waals surface area contributed by atoms with Crippen molar-refractivity contribution in [1.29, 1.82) is 0 Å². The number of carbonyl (C=O) groups is 2. The van der Waals surface area contributed by atoms with Gasteiger partial charge >= 0.3 is 0 Å². The van der Waals surface area contributed by atoms with Crippen LogP contribution in [-0.4, -0.2) is 80.6 Å². The van der Waals surface area contributed by atoms with Crippen molar-refractivity contribution in [3.8, 4) is 16.8 Å². The van der Waals surface area contributed by atoms with Crippen LogP contribution < -0.4 is 5.32 Å². The van der Waals surface area contributed by atoms with Gasteiger partial charge in [0, 0.05) is 68.9 Å². The number of amides is 1. The first-order valence-corrected chi connectivity index (χ1v) is 13.4. The molecule has 0 bridgehead atoms. The summed E-state index contributed by atoms with van der Waals surface area (Å²) in [4.78, 5) is 35.1. The Balaban J connectivity index is 1.26. The Labute approximate surface area is 229 Å². The van der Waals surface area contributed by atoms with Gasteiger partial charge in [-0.25, -0.2) is 4.98 Å². The zero-order valence-corrected chi connectivity index (χ0v) is 22.6. The third-order valence-corrected chi connectivity index (χ3v) is 7.06. The summed E-state index contributed by atoms with van der Waals surface area (Å²) in [6.45, 7) is 4.42. The summed E-state index contributed by atoms with van der Waals surface area (Å²) in [5.41, 5.74) is 4.15. The molecule has 9 nitrogen and oxygen atoms in total. The van der Waals surface area contributed by atoms with Gasteiger partial charge in [0.05, 0.1) is 18.4 Å². The number of hydrogen-bond donors (Lipinski definition) is 1. The highest BCUT2D eigenvalue weighted by molar-refractivity contribution is 6.04. The fourth-order valence-electron chi connectivity index (χ4n) is 4.81. The fraction of sp³-hybridized carbons (Fsp3) is 0.333. The van der Waals surface area contributed by atoms with Gasteiger partial charge in [-0.05, 0) is 49.7 Å². The van der Waals surface area contributed by atoms with E-state index in [1.807, 2.05) is 72.5 Å². The number of anilines is 1. The van der Waals surface area contributed by atoms with Crippen LogP contribution in [0.3, 0.4) is 0 Å². The van der Waals surface area contributed by atoms with Gasteiger partial charge in [0.15, 0.2) is 0 Å². The van der Waals surface area contributed by atoms with E-state index in [9.17, 15) is 9.59 Å². The van der Waals surface area contributed by atoms with Crippen molar-refractivity contribution in [2.24, 2.45) is 7.05 Å². The predicted octanol–water partition coefficient (Wildman–Crippen LogP) is 3.66. The van der Waals surface area contributed by atoms with Crippen LogP contribution in [0.1, 0.15) is 28.9 Å². The number of benzene rings is 2. The molecular weight excluding hydrogens is 490 g/mol. The van der Waals surface area contributed by atoms with Crippen molar-refractivity contribution in [2.75, 3.05) is 45.1 Å². The van der Waals surface area contributed by atoms with Gasteiger partial charge in [-0.1, -0.05) is 30.3 Å². The van der Waals surface area contributed by atoms with Crippen LogP contribution in [0.5, 0.6) is 0 Å². The van der Waals surface area contributed by atoms with Crippen LogP contribution in [0, 0.1) is 0 Å². The lowest BCUT2D eigenvalue weighted by molar-refractivity contribution is -0.120. The van der Waals surface area contributed by atoms with Crippen LogP contribution >= 0.6 is 0 Å². The van der Waals surface area contributed by atoms with Gasteiger partial charge in [0.2, 0.25) is 5.95 Å². The van der Waals surface area contributed by atoms with Gasteiger partial charge in [-0.2, -0.15) is 5.10 Å². The minimum atomic E-state index is -0.238. The quantitative estimate of drug-likeness (QED) is 0.340. The highest BCUT2D eigenvalue weighted by Crippen LogP contribution is 2.22. The van der Waals surface area contributed by atoms with Crippen molar-refractivity contribution in [3.05, 3.63) is 84.4 Å². The zero-order chi connectivity index (χ0) is 27.2. The molecule has 0 radical (unpaired) electrons. The van der Waals surface area contributed by atoms with Gasteiger partial charge in [-0.15, -0.1) is 0 Å². The molecule has 2 aromatic heterocycles. The highest BCUT2D eigenvalue weighted by atomic mass is 16.2. The number of imidazole rings is 1.